The third-order valence-electron chi connectivity index (χ3n) is 7.70. The number of pyridine rings is 2. The zero-order valence-electron chi connectivity index (χ0n) is 20.2. The molecule has 5 aromatic heterocycles. The van der Waals surface area contributed by atoms with Gasteiger partial charge in [0, 0.05) is 66.5 Å². The van der Waals surface area contributed by atoms with E-state index in [4.69, 9.17) is 15.1 Å². The van der Waals surface area contributed by atoms with Crippen LogP contribution in [-0.4, -0.2) is 59.9 Å². The first kappa shape index (κ1) is 21.4. The number of benzene rings is 1. The number of nitrogens with one attached hydrogen (secondary N) is 2. The molecular formula is C28H22FN9. The van der Waals surface area contributed by atoms with E-state index in [-0.39, 0.29) is 5.82 Å². The Bertz CT molecular complexity index is 1810. The van der Waals surface area contributed by atoms with Crippen molar-refractivity contribution in [2.24, 2.45) is 0 Å². The fraction of sp³-hybridized carbons (Fsp3) is 0.179. The minimum absolute atomic E-state index is 0.351. The van der Waals surface area contributed by atoms with Crippen LogP contribution in [0.15, 0.2) is 73.4 Å². The quantitative estimate of drug-likeness (QED) is 0.374. The average Bonchev–Trinajstić information content (AvgIpc) is 3.77. The van der Waals surface area contributed by atoms with Crippen molar-refractivity contribution >= 4 is 22.4 Å². The first-order chi connectivity index (χ1) is 18.7. The van der Waals surface area contributed by atoms with E-state index in [9.17, 15) is 4.39 Å². The van der Waals surface area contributed by atoms with E-state index in [1.54, 1.807) is 30.9 Å². The van der Waals surface area contributed by atoms with Crippen molar-refractivity contribution in [2.45, 2.75) is 18.5 Å². The number of hydrogen-bond acceptors (Lipinski definition) is 7. The Hall–Kier alpha value is -4.70. The van der Waals surface area contributed by atoms with Gasteiger partial charge in [0.15, 0.2) is 5.65 Å². The molecule has 2 atom stereocenters. The molecule has 1 aromatic carbocycles. The van der Waals surface area contributed by atoms with E-state index in [1.807, 2.05) is 28.9 Å². The van der Waals surface area contributed by atoms with Crippen LogP contribution in [-0.2, 0) is 0 Å². The van der Waals surface area contributed by atoms with Gasteiger partial charge >= 0.3 is 0 Å². The molecule has 2 aliphatic rings. The van der Waals surface area contributed by atoms with E-state index in [0.717, 1.165) is 52.5 Å². The normalized spacial score (nSPS) is 18.7. The number of hydrogen-bond donors (Lipinski definition) is 2. The molecule has 6 aromatic rings. The van der Waals surface area contributed by atoms with Crippen molar-refractivity contribution in [3.63, 3.8) is 0 Å². The maximum Gasteiger partial charge on any atom is 0.164 e. The molecule has 2 bridgehead atoms. The molecule has 8 rings (SSSR count). The van der Waals surface area contributed by atoms with Crippen LogP contribution in [0.3, 0.4) is 0 Å². The number of H-pyrrole nitrogens is 1. The zero-order valence-corrected chi connectivity index (χ0v) is 20.2. The van der Waals surface area contributed by atoms with Gasteiger partial charge in [-0.1, -0.05) is 6.07 Å². The monoisotopic (exact) mass is 503 g/mol. The summed E-state index contributed by atoms with van der Waals surface area (Å²) in [5.41, 5.74) is 6.03. The van der Waals surface area contributed by atoms with Crippen molar-refractivity contribution in [1.29, 1.82) is 0 Å². The van der Waals surface area contributed by atoms with Crippen LogP contribution in [0.2, 0.25) is 0 Å². The summed E-state index contributed by atoms with van der Waals surface area (Å²) in [5, 5.41) is 16.1. The lowest BCUT2D eigenvalue weighted by atomic mass is 9.98. The number of piperazine rings is 1. The Morgan fingerprint density at radius 2 is 1.84 bits per heavy atom. The number of fused-ring (bicyclic) bond motifs is 4. The fourth-order valence-corrected chi connectivity index (χ4v) is 5.89. The number of anilines is 1. The number of aromatic amines is 1. The van der Waals surface area contributed by atoms with Gasteiger partial charge in [-0.15, -0.1) is 0 Å². The Labute approximate surface area is 216 Å². The van der Waals surface area contributed by atoms with E-state index in [1.165, 1.54) is 12.5 Å². The molecule has 2 aliphatic heterocycles. The van der Waals surface area contributed by atoms with Crippen LogP contribution in [0.25, 0.3) is 50.2 Å². The second-order valence-corrected chi connectivity index (χ2v) is 9.83. The second kappa shape index (κ2) is 8.15. The SMILES string of the molecule is Fc1ccc(-c2c(-c3ccncc3)nn3c(-c4ccc(N5CC6CC5CN6)nc4)ccnc23)c2cn[nH]c12. The van der Waals surface area contributed by atoms with E-state index < -0.39 is 0 Å². The Morgan fingerprint density at radius 1 is 0.921 bits per heavy atom. The van der Waals surface area contributed by atoms with Crippen molar-refractivity contribution in [3.8, 4) is 33.6 Å². The van der Waals surface area contributed by atoms with Crippen LogP contribution in [0.4, 0.5) is 10.2 Å². The van der Waals surface area contributed by atoms with Crippen LogP contribution in [0, 0.1) is 5.82 Å². The average molecular weight is 504 g/mol. The lowest BCUT2D eigenvalue weighted by Crippen LogP contribution is -2.43. The topological polar surface area (TPSA) is 99.9 Å². The molecule has 0 aliphatic carbocycles. The van der Waals surface area contributed by atoms with Gasteiger partial charge in [0.05, 0.1) is 17.5 Å². The van der Waals surface area contributed by atoms with Gasteiger partial charge in [0.2, 0.25) is 0 Å². The van der Waals surface area contributed by atoms with Gasteiger partial charge in [-0.2, -0.15) is 10.2 Å². The first-order valence-corrected chi connectivity index (χ1v) is 12.6. The van der Waals surface area contributed by atoms with Gasteiger partial charge in [-0.3, -0.25) is 10.1 Å². The molecule has 0 spiro atoms. The van der Waals surface area contributed by atoms with E-state index in [2.05, 4.69) is 37.5 Å². The van der Waals surface area contributed by atoms with Crippen LogP contribution in [0.1, 0.15) is 6.42 Å². The summed E-state index contributed by atoms with van der Waals surface area (Å²) in [6.45, 7) is 2.01. The molecule has 7 heterocycles. The molecule has 2 N–H and O–H groups in total. The third kappa shape index (κ3) is 3.16. The van der Waals surface area contributed by atoms with E-state index in [0.29, 0.717) is 28.6 Å². The van der Waals surface area contributed by atoms with Crippen LogP contribution < -0.4 is 10.2 Å². The molecule has 0 saturated carbocycles. The molecule has 0 radical (unpaired) electrons. The predicted octanol–water partition coefficient (Wildman–Crippen LogP) is 4.09. The summed E-state index contributed by atoms with van der Waals surface area (Å²) in [6.07, 6.45) is 9.97. The smallest absolute Gasteiger partial charge is 0.164 e. The highest BCUT2D eigenvalue weighted by molar-refractivity contribution is 6.03. The largest absolute Gasteiger partial charge is 0.351 e. The van der Waals surface area contributed by atoms with Gasteiger partial charge < -0.3 is 10.2 Å². The van der Waals surface area contributed by atoms with Crippen LogP contribution >= 0.6 is 0 Å². The maximum atomic E-state index is 14.5. The summed E-state index contributed by atoms with van der Waals surface area (Å²) in [6, 6.07) is 14.2. The highest BCUT2D eigenvalue weighted by atomic mass is 19.1. The minimum Gasteiger partial charge on any atom is -0.351 e. The molecule has 9 nitrogen and oxygen atoms in total. The van der Waals surface area contributed by atoms with E-state index >= 15 is 0 Å². The summed E-state index contributed by atoms with van der Waals surface area (Å²) in [4.78, 5) is 16.1. The van der Waals surface area contributed by atoms with Gasteiger partial charge in [-0.25, -0.2) is 18.9 Å². The highest BCUT2D eigenvalue weighted by Crippen LogP contribution is 2.39. The van der Waals surface area contributed by atoms with Gasteiger partial charge in [-0.05, 0) is 48.4 Å². The molecular weight excluding hydrogens is 481 g/mol. The summed E-state index contributed by atoms with van der Waals surface area (Å²) in [5.74, 6) is 0.644. The minimum atomic E-state index is -0.356. The zero-order chi connectivity index (χ0) is 25.2. The first-order valence-electron chi connectivity index (χ1n) is 12.6. The highest BCUT2D eigenvalue weighted by Gasteiger charge is 2.38. The standard InChI is InChI=1S/C28H22FN9/c29-22-3-2-20(21-14-34-35-27(21)22)25-26(16-5-8-30-9-6-16)36-38-23(7-10-31-28(25)38)17-1-4-24(33-12-17)37-15-18-11-19(37)13-32-18/h1-10,12,14,18-19,32H,11,13,15H2,(H,34,35). The molecule has 186 valence electrons. The molecule has 10 heteroatoms. The maximum absolute atomic E-state index is 14.5. The third-order valence-corrected chi connectivity index (χ3v) is 7.70. The summed E-state index contributed by atoms with van der Waals surface area (Å²) < 4.78 is 16.4. The fourth-order valence-electron chi connectivity index (χ4n) is 5.89. The Balaban J connectivity index is 1.31. The summed E-state index contributed by atoms with van der Waals surface area (Å²) >= 11 is 0. The predicted molar refractivity (Wildman–Crippen MR) is 142 cm³/mol. The van der Waals surface area contributed by atoms with Gasteiger partial charge in [0.25, 0.3) is 0 Å². The van der Waals surface area contributed by atoms with Crippen molar-refractivity contribution in [1.82, 2.24) is 40.1 Å². The second-order valence-electron chi connectivity index (χ2n) is 9.83. The molecule has 0 amide bonds. The number of aromatic nitrogens is 7. The molecule has 2 fully saturated rings. The molecule has 2 unspecified atom stereocenters. The van der Waals surface area contributed by atoms with Crippen molar-refractivity contribution in [2.75, 3.05) is 18.0 Å². The molecule has 2 saturated heterocycles. The number of nitrogens with zero attached hydrogens (tertiary/aromatic N) is 7. The molecule has 38 heavy (non-hydrogen) atoms. The van der Waals surface area contributed by atoms with Gasteiger partial charge in [0.1, 0.15) is 22.8 Å². The Morgan fingerprint density at radius 3 is 2.63 bits per heavy atom. The lowest BCUT2D eigenvalue weighted by molar-refractivity contribution is 0.576. The Kier molecular flexibility index (Phi) is 4.59. The summed E-state index contributed by atoms with van der Waals surface area (Å²) in [7, 11) is 0. The van der Waals surface area contributed by atoms with Crippen molar-refractivity contribution in [3.05, 3.63) is 79.3 Å². The van der Waals surface area contributed by atoms with Crippen LogP contribution in [0.5, 0.6) is 0 Å². The lowest BCUT2D eigenvalue weighted by Gasteiger charge is -2.28. The number of halogens is 1. The number of rotatable bonds is 4. The van der Waals surface area contributed by atoms with Crippen molar-refractivity contribution < 1.29 is 4.39 Å².